The lowest BCUT2D eigenvalue weighted by atomic mass is 9.97. The lowest BCUT2D eigenvalue weighted by Crippen LogP contribution is -2.51. The van der Waals surface area contributed by atoms with Crippen LogP contribution in [-0.4, -0.2) is 43.8 Å². The maximum Gasteiger partial charge on any atom is 0.247 e. The molecule has 1 atom stereocenters. The number of halogens is 1. The number of benzene rings is 3. The van der Waals surface area contributed by atoms with E-state index in [1.807, 2.05) is 76.2 Å². The van der Waals surface area contributed by atoms with Gasteiger partial charge in [-0.2, -0.15) is 0 Å². The van der Waals surface area contributed by atoms with Gasteiger partial charge >= 0.3 is 0 Å². The maximum absolute atomic E-state index is 15.2. The number of fused-ring (bicyclic) bond motifs is 1. The summed E-state index contributed by atoms with van der Waals surface area (Å²) in [5.41, 5.74) is 3.13. The summed E-state index contributed by atoms with van der Waals surface area (Å²) in [5.74, 6) is -1.32. The molecular formula is C30H34FN5O2. The van der Waals surface area contributed by atoms with Crippen LogP contribution in [0.4, 0.5) is 4.39 Å². The lowest BCUT2D eigenvalue weighted by Gasteiger charge is -2.35. The molecule has 1 N–H and O–H groups in total. The summed E-state index contributed by atoms with van der Waals surface area (Å²) < 4.78 is 16.7. The van der Waals surface area contributed by atoms with Gasteiger partial charge in [0.05, 0.1) is 5.52 Å². The Morgan fingerprint density at radius 3 is 2.45 bits per heavy atom. The molecule has 0 spiro atoms. The zero-order chi connectivity index (χ0) is 27.3. The van der Waals surface area contributed by atoms with Crippen molar-refractivity contribution in [2.24, 2.45) is 0 Å². The van der Waals surface area contributed by atoms with Crippen molar-refractivity contribution in [2.75, 3.05) is 6.54 Å². The average molecular weight is 516 g/mol. The summed E-state index contributed by atoms with van der Waals surface area (Å²) >= 11 is 0. The van der Waals surface area contributed by atoms with Crippen molar-refractivity contribution in [3.63, 3.8) is 0 Å². The van der Waals surface area contributed by atoms with E-state index in [2.05, 4.69) is 15.6 Å². The quantitative estimate of drug-likeness (QED) is 0.323. The molecule has 198 valence electrons. The van der Waals surface area contributed by atoms with Crippen LogP contribution in [0.5, 0.6) is 0 Å². The minimum absolute atomic E-state index is 0.135. The van der Waals surface area contributed by atoms with Gasteiger partial charge in [0, 0.05) is 17.6 Å². The van der Waals surface area contributed by atoms with Crippen molar-refractivity contribution < 1.29 is 14.0 Å². The molecule has 0 fully saturated rings. The van der Waals surface area contributed by atoms with E-state index in [0.717, 1.165) is 11.1 Å². The number of nitrogens with zero attached hydrogens (tertiary/aromatic N) is 4. The standard InChI is InChI=1S/C30H34FN5O2/c1-5-30(3,4)32-29(38)28(23-14-8-9-15-24(23)31)35(19-18-22-13-7-6-12-21(22)2)27(37)20-36-26-17-11-10-16-25(26)33-34-36/h6-17,28H,5,18-20H2,1-4H3,(H,32,38)/t28-/m1/s1. The third-order valence-electron chi connectivity index (χ3n) is 7.01. The van der Waals surface area contributed by atoms with Crippen LogP contribution in [0.15, 0.2) is 72.8 Å². The zero-order valence-corrected chi connectivity index (χ0v) is 22.3. The van der Waals surface area contributed by atoms with Gasteiger partial charge in [-0.25, -0.2) is 9.07 Å². The minimum Gasteiger partial charge on any atom is -0.349 e. The second kappa shape index (κ2) is 11.5. The van der Waals surface area contributed by atoms with Crippen molar-refractivity contribution in [2.45, 2.75) is 58.7 Å². The Bertz CT molecular complexity index is 1430. The SMILES string of the molecule is CCC(C)(C)NC(=O)[C@@H](c1ccccc1F)N(CCc1ccccc1C)C(=O)Cn1nnc2ccccc21. The molecule has 8 heteroatoms. The van der Waals surface area contributed by atoms with Crippen LogP contribution in [0.2, 0.25) is 0 Å². The summed E-state index contributed by atoms with van der Waals surface area (Å²) in [7, 11) is 0. The Hall–Kier alpha value is -4.07. The zero-order valence-electron chi connectivity index (χ0n) is 22.3. The fourth-order valence-electron chi connectivity index (χ4n) is 4.42. The number of hydrogen-bond donors (Lipinski definition) is 1. The van der Waals surface area contributed by atoms with Crippen molar-refractivity contribution in [1.29, 1.82) is 0 Å². The number of carbonyl (C=O) groups excluding carboxylic acids is 2. The highest BCUT2D eigenvalue weighted by Gasteiger charge is 2.35. The van der Waals surface area contributed by atoms with Gasteiger partial charge in [0.2, 0.25) is 11.8 Å². The van der Waals surface area contributed by atoms with Crippen LogP contribution in [0.1, 0.15) is 49.9 Å². The van der Waals surface area contributed by atoms with E-state index in [-0.39, 0.29) is 24.6 Å². The highest BCUT2D eigenvalue weighted by Crippen LogP contribution is 2.27. The molecule has 0 unspecified atom stereocenters. The predicted molar refractivity (Wildman–Crippen MR) is 146 cm³/mol. The van der Waals surface area contributed by atoms with Gasteiger partial charge in [-0.3, -0.25) is 9.59 Å². The first-order valence-corrected chi connectivity index (χ1v) is 12.9. The second-order valence-electron chi connectivity index (χ2n) is 10.2. The van der Waals surface area contributed by atoms with Crippen molar-refractivity contribution in [1.82, 2.24) is 25.2 Å². The number of hydrogen-bond acceptors (Lipinski definition) is 4. The summed E-state index contributed by atoms with van der Waals surface area (Å²) in [5, 5.41) is 11.3. The third-order valence-corrected chi connectivity index (χ3v) is 7.01. The topological polar surface area (TPSA) is 80.1 Å². The van der Waals surface area contributed by atoms with E-state index in [1.54, 1.807) is 18.2 Å². The maximum atomic E-state index is 15.2. The first-order chi connectivity index (χ1) is 18.2. The monoisotopic (exact) mass is 515 g/mol. The molecule has 1 aromatic heterocycles. The van der Waals surface area contributed by atoms with Gasteiger partial charge in [-0.1, -0.05) is 66.7 Å². The van der Waals surface area contributed by atoms with Gasteiger partial charge in [0.15, 0.2) is 0 Å². The molecule has 0 aliphatic carbocycles. The first-order valence-electron chi connectivity index (χ1n) is 12.9. The number of aromatic nitrogens is 3. The fraction of sp³-hybridized carbons (Fsp3) is 0.333. The molecule has 2 amide bonds. The largest absolute Gasteiger partial charge is 0.349 e. The third kappa shape index (κ3) is 6.07. The summed E-state index contributed by atoms with van der Waals surface area (Å²) in [6, 6.07) is 20.3. The Morgan fingerprint density at radius 1 is 1.03 bits per heavy atom. The molecule has 1 heterocycles. The van der Waals surface area contributed by atoms with Gasteiger partial charge in [-0.15, -0.1) is 5.10 Å². The Labute approximate surface area is 222 Å². The molecule has 3 aromatic carbocycles. The molecular weight excluding hydrogens is 481 g/mol. The number of nitrogens with one attached hydrogen (secondary N) is 1. The van der Waals surface area contributed by atoms with E-state index < -0.39 is 23.3 Å². The molecule has 0 saturated carbocycles. The van der Waals surface area contributed by atoms with E-state index in [1.165, 1.54) is 15.6 Å². The number of aryl methyl sites for hydroxylation is 1. The van der Waals surface area contributed by atoms with Gasteiger partial charge in [0.1, 0.15) is 23.9 Å². The highest BCUT2D eigenvalue weighted by atomic mass is 19.1. The van der Waals surface area contributed by atoms with E-state index in [9.17, 15) is 9.59 Å². The summed E-state index contributed by atoms with van der Waals surface area (Å²) in [6.45, 7) is 7.87. The molecule has 38 heavy (non-hydrogen) atoms. The van der Waals surface area contributed by atoms with E-state index >= 15 is 4.39 Å². The molecule has 4 aromatic rings. The molecule has 0 aliphatic rings. The fourth-order valence-corrected chi connectivity index (χ4v) is 4.42. The highest BCUT2D eigenvalue weighted by molar-refractivity contribution is 5.89. The van der Waals surface area contributed by atoms with Crippen molar-refractivity contribution >= 4 is 22.8 Å². The number of para-hydroxylation sites is 1. The molecule has 0 bridgehead atoms. The Kier molecular flexibility index (Phi) is 8.20. The summed E-state index contributed by atoms with van der Waals surface area (Å²) in [6.07, 6.45) is 1.18. The molecule has 7 nitrogen and oxygen atoms in total. The van der Waals surface area contributed by atoms with Crippen LogP contribution in [0, 0.1) is 12.7 Å². The average Bonchev–Trinajstić information content (AvgIpc) is 3.30. The van der Waals surface area contributed by atoms with Crippen LogP contribution < -0.4 is 5.32 Å². The van der Waals surface area contributed by atoms with Crippen LogP contribution >= 0.6 is 0 Å². The second-order valence-corrected chi connectivity index (χ2v) is 10.2. The van der Waals surface area contributed by atoms with E-state index in [4.69, 9.17) is 0 Å². The number of carbonyl (C=O) groups is 2. The smallest absolute Gasteiger partial charge is 0.247 e. The minimum atomic E-state index is -1.16. The Balaban J connectivity index is 1.75. The first kappa shape index (κ1) is 27.0. The summed E-state index contributed by atoms with van der Waals surface area (Å²) in [4.78, 5) is 29.2. The molecule has 0 saturated heterocycles. The van der Waals surface area contributed by atoms with Crippen LogP contribution in [-0.2, 0) is 22.6 Å². The molecule has 0 radical (unpaired) electrons. The van der Waals surface area contributed by atoms with Crippen LogP contribution in [0.3, 0.4) is 0 Å². The van der Waals surface area contributed by atoms with Crippen molar-refractivity contribution in [3.05, 3.63) is 95.3 Å². The van der Waals surface area contributed by atoms with E-state index in [0.29, 0.717) is 23.9 Å². The number of amides is 2. The normalized spacial score (nSPS) is 12.3. The van der Waals surface area contributed by atoms with Gasteiger partial charge < -0.3 is 10.2 Å². The van der Waals surface area contributed by atoms with Crippen LogP contribution in [0.25, 0.3) is 11.0 Å². The lowest BCUT2D eigenvalue weighted by molar-refractivity contribution is -0.142. The Morgan fingerprint density at radius 2 is 1.71 bits per heavy atom. The van der Waals surface area contributed by atoms with Gasteiger partial charge in [0.25, 0.3) is 0 Å². The van der Waals surface area contributed by atoms with Crippen molar-refractivity contribution in [3.8, 4) is 0 Å². The number of rotatable bonds is 10. The molecule has 0 aliphatic heterocycles. The molecule has 4 rings (SSSR count). The van der Waals surface area contributed by atoms with Gasteiger partial charge in [-0.05, 0) is 62.9 Å². The predicted octanol–water partition coefficient (Wildman–Crippen LogP) is 5.00.